The second-order valence-electron chi connectivity index (χ2n) is 9.57. The van der Waals surface area contributed by atoms with E-state index in [1.54, 1.807) is 0 Å². The van der Waals surface area contributed by atoms with Crippen molar-refractivity contribution in [3.8, 4) is 0 Å². The monoisotopic (exact) mass is 668 g/mol. The number of hydrogen-bond acceptors (Lipinski definition) is 3. The van der Waals surface area contributed by atoms with Gasteiger partial charge in [-0.25, -0.2) is 0 Å². The zero-order valence-electron chi connectivity index (χ0n) is 23.2. The molecule has 0 unspecified atom stereocenters. The Kier molecular flexibility index (Phi) is 8.75. The Hall–Kier alpha value is -3.77. The first-order valence-corrected chi connectivity index (χ1v) is 19.9. The Morgan fingerprint density at radius 2 is 0.512 bits per heavy atom. The van der Waals surface area contributed by atoms with Gasteiger partial charge in [-0.3, -0.25) is 0 Å². The third-order valence-electron chi connectivity index (χ3n) is 6.85. The summed E-state index contributed by atoms with van der Waals surface area (Å²) in [7, 11) is -5.66. The molecule has 0 aliphatic rings. The van der Waals surface area contributed by atoms with Crippen LogP contribution in [0.3, 0.4) is 0 Å². The van der Waals surface area contributed by atoms with Gasteiger partial charge in [-0.2, -0.15) is 0 Å². The van der Waals surface area contributed by atoms with Crippen LogP contribution in [0, 0.1) is 0 Å². The van der Waals surface area contributed by atoms with Crippen molar-refractivity contribution in [2.45, 2.75) is 29.4 Å². The van der Waals surface area contributed by atoms with Gasteiger partial charge >= 0.3 is 260 Å². The van der Waals surface area contributed by atoms with Crippen molar-refractivity contribution in [2.75, 3.05) is 0 Å². The molecule has 0 N–H and O–H groups in total. The molecule has 0 aliphatic carbocycles. The summed E-state index contributed by atoms with van der Waals surface area (Å²) < 4.78 is 45.2. The van der Waals surface area contributed by atoms with E-state index in [0.717, 1.165) is 29.4 Å². The first-order valence-electron chi connectivity index (χ1n) is 13.7. The molecule has 0 fully saturated rings. The van der Waals surface area contributed by atoms with E-state index in [4.69, 9.17) is 6.34 Å². The summed E-state index contributed by atoms with van der Waals surface area (Å²) in [4.78, 5) is 4.31. The van der Waals surface area contributed by atoms with Gasteiger partial charge in [-0.05, 0) is 0 Å². The van der Waals surface area contributed by atoms with Gasteiger partial charge < -0.3 is 0 Å². The molecule has 0 atom stereocenters. The van der Waals surface area contributed by atoms with Crippen molar-refractivity contribution in [3.05, 3.63) is 182 Å². The van der Waals surface area contributed by atoms with Crippen LogP contribution in [0.5, 0.6) is 0 Å². The van der Waals surface area contributed by atoms with Crippen LogP contribution in [0.15, 0.2) is 211 Å². The molecule has 0 aliphatic heterocycles. The first-order chi connectivity index (χ1) is 21.0. The molecule has 0 spiro atoms. The Labute approximate surface area is 258 Å². The van der Waals surface area contributed by atoms with Crippen molar-refractivity contribution >= 4 is 35.3 Å². The summed E-state index contributed by atoms with van der Waals surface area (Å²) in [5.74, 6) is 0. The second kappa shape index (κ2) is 12.8. The van der Waals surface area contributed by atoms with Crippen LogP contribution in [0.2, 0.25) is 0 Å². The number of halogens is 1. The van der Waals surface area contributed by atoms with E-state index in [1.807, 2.05) is 182 Å². The van der Waals surface area contributed by atoms with Crippen LogP contribution in [0.4, 0.5) is 3.47 Å². The van der Waals surface area contributed by atoms with Crippen LogP contribution in [-0.4, -0.2) is 14.6 Å². The van der Waals surface area contributed by atoms with E-state index < -0.39 is 35.3 Å². The molecule has 0 radical (unpaired) electrons. The predicted molar refractivity (Wildman–Crippen MR) is 173 cm³/mol. The molecule has 6 aromatic carbocycles. The van der Waals surface area contributed by atoms with Gasteiger partial charge in [0.05, 0.1) is 0 Å². The summed E-state index contributed by atoms with van der Waals surface area (Å²) in [6.07, 6.45) is 0. The zero-order chi connectivity index (χ0) is 29.6. The Balaban J connectivity index is 1.59. The second-order valence-corrected chi connectivity index (χ2v) is 18.6. The molecule has 6 aromatic rings. The molecule has 0 saturated heterocycles. The SMILES string of the molecule is O=[As](F)(OS(c1ccccc1)(c1ccccc1)c1ccccc1)OS(c1ccccc1)(c1ccccc1)c1ccccc1. The molecular weight excluding hydrogens is 638 g/mol. The number of benzene rings is 6. The maximum atomic E-state index is 17.4. The standard InChI is InChI=1S/C36H30AsFO3S2/c38-37(39,40-42(31-19-7-1-8-20-31,32-21-9-2-10-22-32)33-23-11-3-12-24-33)41-43(34-25-13-4-14-26-34,35-27-15-5-16-28-35)36-29-17-6-18-30-36/h1-30H. The summed E-state index contributed by atoms with van der Waals surface area (Å²) >= 11 is -6.21. The summed E-state index contributed by atoms with van der Waals surface area (Å²) in [6.45, 7) is 0. The third kappa shape index (κ3) is 5.90. The zero-order valence-corrected chi connectivity index (χ0v) is 26.7. The van der Waals surface area contributed by atoms with E-state index in [0.29, 0.717) is 0 Å². The molecule has 216 valence electrons. The Morgan fingerprint density at radius 3 is 0.674 bits per heavy atom. The van der Waals surface area contributed by atoms with E-state index in [2.05, 4.69) is 0 Å². The maximum absolute atomic E-state index is 17.4. The fraction of sp³-hybridized carbons (Fsp3) is 0. The van der Waals surface area contributed by atoms with Crippen molar-refractivity contribution in [1.29, 1.82) is 0 Å². The minimum absolute atomic E-state index is 0.718. The Bertz CT molecular complexity index is 1470. The topological polar surface area (TPSA) is 35.5 Å². The fourth-order valence-electron chi connectivity index (χ4n) is 5.03. The normalized spacial score (nSPS) is 12.9. The Morgan fingerprint density at radius 1 is 0.349 bits per heavy atom. The molecule has 6 rings (SSSR count). The molecular formula is C36H30AsFO3S2. The molecule has 0 aromatic heterocycles. The van der Waals surface area contributed by atoms with Crippen molar-refractivity contribution in [3.63, 3.8) is 0 Å². The van der Waals surface area contributed by atoms with E-state index >= 15 is 3.47 Å². The quantitative estimate of drug-likeness (QED) is 0.136. The number of hydrogen-bond donors (Lipinski definition) is 0. The average Bonchev–Trinajstić information content (AvgIpc) is 3.08. The fourth-order valence-corrected chi connectivity index (χ4v) is 18.1. The summed E-state index contributed by atoms with van der Waals surface area (Å²) in [5, 5.41) is 0. The third-order valence-corrected chi connectivity index (χ3v) is 18.3. The molecule has 3 nitrogen and oxygen atoms in total. The van der Waals surface area contributed by atoms with Gasteiger partial charge in [0, 0.05) is 0 Å². The van der Waals surface area contributed by atoms with E-state index in [1.165, 1.54) is 0 Å². The van der Waals surface area contributed by atoms with Crippen molar-refractivity contribution < 1.29 is 13.6 Å². The molecule has 0 heterocycles. The molecule has 0 bridgehead atoms. The van der Waals surface area contributed by atoms with Crippen molar-refractivity contribution in [2.24, 2.45) is 0 Å². The van der Waals surface area contributed by atoms with Gasteiger partial charge in [-0.15, -0.1) is 0 Å². The van der Waals surface area contributed by atoms with Gasteiger partial charge in [0.15, 0.2) is 0 Å². The van der Waals surface area contributed by atoms with Crippen LogP contribution in [-0.2, 0) is 10.1 Å². The predicted octanol–water partition coefficient (Wildman–Crippen LogP) is 10.6. The van der Waals surface area contributed by atoms with E-state index in [9.17, 15) is 3.74 Å². The summed E-state index contributed by atoms with van der Waals surface area (Å²) in [6, 6.07) is 56.8. The molecule has 43 heavy (non-hydrogen) atoms. The average molecular weight is 669 g/mol. The van der Waals surface area contributed by atoms with E-state index in [-0.39, 0.29) is 0 Å². The number of rotatable bonds is 10. The van der Waals surface area contributed by atoms with Crippen LogP contribution >= 0.6 is 20.6 Å². The summed E-state index contributed by atoms with van der Waals surface area (Å²) in [5.41, 5.74) is 0. The van der Waals surface area contributed by atoms with Crippen LogP contribution in [0.25, 0.3) is 0 Å². The molecule has 0 amide bonds. The minimum atomic E-state index is -6.21. The van der Waals surface area contributed by atoms with Crippen LogP contribution in [0.1, 0.15) is 0 Å². The van der Waals surface area contributed by atoms with Gasteiger partial charge in [0.1, 0.15) is 0 Å². The van der Waals surface area contributed by atoms with Gasteiger partial charge in [0.2, 0.25) is 0 Å². The van der Waals surface area contributed by atoms with Gasteiger partial charge in [0.25, 0.3) is 0 Å². The molecule has 7 heteroatoms. The molecule has 0 saturated carbocycles. The van der Waals surface area contributed by atoms with Gasteiger partial charge in [-0.1, -0.05) is 0 Å². The van der Waals surface area contributed by atoms with Crippen LogP contribution < -0.4 is 0 Å². The first kappa shape index (κ1) is 29.3. The van der Waals surface area contributed by atoms with Crippen molar-refractivity contribution in [1.82, 2.24) is 0 Å².